The number of amides is 1. The first-order valence-electron chi connectivity index (χ1n) is 11.4. The van der Waals surface area contributed by atoms with Crippen LogP contribution < -0.4 is 0 Å². The molecule has 33 heavy (non-hydrogen) atoms. The molecule has 0 saturated heterocycles. The number of pyridine rings is 1. The Kier molecular flexibility index (Phi) is 7.16. The van der Waals surface area contributed by atoms with E-state index in [0.29, 0.717) is 6.54 Å². The Morgan fingerprint density at radius 2 is 1.67 bits per heavy atom. The molecule has 1 aliphatic heterocycles. The molecule has 0 aliphatic carbocycles. The molecule has 2 heterocycles. The van der Waals surface area contributed by atoms with Gasteiger partial charge in [-0.15, -0.1) is 0 Å². The number of benzene rings is 2. The third-order valence-electron chi connectivity index (χ3n) is 6.21. The van der Waals surface area contributed by atoms with E-state index in [1.165, 1.54) is 0 Å². The van der Waals surface area contributed by atoms with Crippen LogP contribution in [0.2, 0.25) is 0 Å². The van der Waals surface area contributed by atoms with Crippen LogP contribution in [0.4, 0.5) is 0 Å². The molecule has 2 aromatic carbocycles. The van der Waals surface area contributed by atoms with Gasteiger partial charge in [0.2, 0.25) is 0 Å². The maximum Gasteiger partial charge on any atom is 0.256 e. The number of nitrogens with zero attached hydrogens (tertiary/aromatic N) is 3. The predicted octanol–water partition coefficient (Wildman–Crippen LogP) is 5.76. The highest BCUT2D eigenvalue weighted by molar-refractivity contribution is 5.96. The van der Waals surface area contributed by atoms with Gasteiger partial charge in [0.15, 0.2) is 0 Å². The van der Waals surface area contributed by atoms with Gasteiger partial charge < -0.3 is 4.90 Å². The van der Waals surface area contributed by atoms with Gasteiger partial charge in [0, 0.05) is 43.3 Å². The van der Waals surface area contributed by atoms with Gasteiger partial charge in [0.25, 0.3) is 5.91 Å². The van der Waals surface area contributed by atoms with Crippen molar-refractivity contribution in [2.75, 3.05) is 13.1 Å². The molecular weight excluding hydrogens is 406 g/mol. The molecule has 0 spiro atoms. The van der Waals surface area contributed by atoms with Crippen LogP contribution in [0, 0.1) is 0 Å². The first-order chi connectivity index (χ1) is 16.0. The first kappa shape index (κ1) is 22.7. The minimum atomic E-state index is -0.230. The lowest BCUT2D eigenvalue weighted by atomic mass is 9.94. The second kappa shape index (κ2) is 10.4. The van der Waals surface area contributed by atoms with Crippen molar-refractivity contribution in [2.24, 2.45) is 0 Å². The lowest BCUT2D eigenvalue weighted by molar-refractivity contribution is -0.127. The van der Waals surface area contributed by atoms with E-state index in [-0.39, 0.29) is 11.9 Å². The number of aromatic nitrogens is 1. The Labute approximate surface area is 196 Å². The highest BCUT2D eigenvalue weighted by Crippen LogP contribution is 2.34. The summed E-state index contributed by atoms with van der Waals surface area (Å²) in [5, 5.41) is 0. The minimum Gasteiger partial charge on any atom is -0.302 e. The van der Waals surface area contributed by atoms with E-state index in [9.17, 15) is 4.79 Å². The molecule has 4 heteroatoms. The molecule has 1 aromatic heterocycles. The Hall–Kier alpha value is -3.50. The standard InChI is InChI=1S/C29H31N3O/c1-22(2)32(28(25-12-6-4-7-13-25)26-14-8-5-9-15-26)29(33)27-21-31(18-16-23(27)3)20-24-11-10-17-30-19-24/h4-15,17,19,28H,1,16,18,20-21H2,2-3H3. The maximum atomic E-state index is 14.1. The average molecular weight is 438 g/mol. The summed E-state index contributed by atoms with van der Waals surface area (Å²) >= 11 is 0. The Morgan fingerprint density at radius 3 is 2.21 bits per heavy atom. The van der Waals surface area contributed by atoms with E-state index in [4.69, 9.17) is 0 Å². The topological polar surface area (TPSA) is 36.4 Å². The first-order valence-corrected chi connectivity index (χ1v) is 11.4. The second-order valence-electron chi connectivity index (χ2n) is 8.72. The summed E-state index contributed by atoms with van der Waals surface area (Å²) in [5.74, 6) is 0.0357. The van der Waals surface area contributed by atoms with E-state index in [1.807, 2.05) is 60.5 Å². The lowest BCUT2D eigenvalue weighted by Crippen LogP contribution is -2.41. The molecule has 0 bridgehead atoms. The quantitative estimate of drug-likeness (QED) is 0.472. The van der Waals surface area contributed by atoms with E-state index in [2.05, 4.69) is 53.7 Å². The molecule has 0 fully saturated rings. The summed E-state index contributed by atoms with van der Waals surface area (Å²) in [6.07, 6.45) is 4.57. The Morgan fingerprint density at radius 1 is 1.03 bits per heavy atom. The van der Waals surface area contributed by atoms with Crippen molar-refractivity contribution in [1.82, 2.24) is 14.8 Å². The third-order valence-corrected chi connectivity index (χ3v) is 6.21. The van der Waals surface area contributed by atoms with Gasteiger partial charge in [0.05, 0.1) is 6.04 Å². The zero-order valence-electron chi connectivity index (χ0n) is 19.4. The van der Waals surface area contributed by atoms with Gasteiger partial charge in [0.1, 0.15) is 0 Å². The molecule has 168 valence electrons. The molecule has 1 aliphatic rings. The van der Waals surface area contributed by atoms with Crippen LogP contribution in [0.25, 0.3) is 0 Å². The van der Waals surface area contributed by atoms with Crippen LogP contribution >= 0.6 is 0 Å². The number of hydrogen-bond donors (Lipinski definition) is 0. The third kappa shape index (κ3) is 5.29. The summed E-state index contributed by atoms with van der Waals surface area (Å²) in [6.45, 7) is 10.6. The van der Waals surface area contributed by atoms with Crippen LogP contribution in [-0.2, 0) is 11.3 Å². The minimum absolute atomic E-state index is 0.0357. The number of hydrogen-bond acceptors (Lipinski definition) is 3. The summed E-state index contributed by atoms with van der Waals surface area (Å²) in [7, 11) is 0. The largest absolute Gasteiger partial charge is 0.302 e. The number of carbonyl (C=O) groups is 1. The van der Waals surface area contributed by atoms with Crippen molar-refractivity contribution in [3.63, 3.8) is 0 Å². The van der Waals surface area contributed by atoms with Crippen molar-refractivity contribution in [2.45, 2.75) is 32.9 Å². The maximum absolute atomic E-state index is 14.1. The van der Waals surface area contributed by atoms with Gasteiger partial charge in [-0.2, -0.15) is 0 Å². The van der Waals surface area contributed by atoms with Crippen molar-refractivity contribution in [3.05, 3.63) is 125 Å². The molecule has 1 amide bonds. The summed E-state index contributed by atoms with van der Waals surface area (Å²) in [4.78, 5) is 22.5. The average Bonchev–Trinajstić information content (AvgIpc) is 2.85. The summed E-state index contributed by atoms with van der Waals surface area (Å²) in [6, 6.07) is 24.2. The molecule has 0 unspecified atom stereocenters. The van der Waals surface area contributed by atoms with Crippen LogP contribution in [0.1, 0.15) is 43.0 Å². The van der Waals surface area contributed by atoms with Crippen molar-refractivity contribution >= 4 is 5.91 Å². The van der Waals surface area contributed by atoms with Crippen LogP contribution in [0.3, 0.4) is 0 Å². The smallest absolute Gasteiger partial charge is 0.256 e. The van der Waals surface area contributed by atoms with Crippen molar-refractivity contribution in [1.29, 1.82) is 0 Å². The molecule has 4 rings (SSSR count). The highest BCUT2D eigenvalue weighted by Gasteiger charge is 2.32. The second-order valence-corrected chi connectivity index (χ2v) is 8.72. The van der Waals surface area contributed by atoms with Crippen molar-refractivity contribution < 1.29 is 4.79 Å². The van der Waals surface area contributed by atoms with Gasteiger partial charge in [-0.1, -0.05) is 78.9 Å². The number of rotatable bonds is 7. The van der Waals surface area contributed by atoms with Gasteiger partial charge in [-0.25, -0.2) is 0 Å². The predicted molar refractivity (Wildman–Crippen MR) is 133 cm³/mol. The van der Waals surface area contributed by atoms with Gasteiger partial charge >= 0.3 is 0 Å². The molecule has 4 nitrogen and oxygen atoms in total. The Balaban J connectivity index is 1.67. The van der Waals surface area contributed by atoms with Crippen LogP contribution in [-0.4, -0.2) is 33.8 Å². The monoisotopic (exact) mass is 437 g/mol. The Bertz CT molecular complexity index is 1080. The molecule has 0 saturated carbocycles. The fourth-order valence-electron chi connectivity index (χ4n) is 4.47. The fraction of sp³-hybridized carbons (Fsp3) is 0.241. The molecule has 0 N–H and O–H groups in total. The van der Waals surface area contributed by atoms with Gasteiger partial charge in [-0.05, 0) is 43.0 Å². The highest BCUT2D eigenvalue weighted by atomic mass is 16.2. The van der Waals surface area contributed by atoms with E-state index >= 15 is 0 Å². The molecule has 0 atom stereocenters. The SMILES string of the molecule is C=C(C)N(C(=O)C1=C(C)CCN(Cc2cccnc2)C1)C(c1ccccc1)c1ccccc1. The molecular formula is C29H31N3O. The lowest BCUT2D eigenvalue weighted by Gasteiger charge is -2.36. The van der Waals surface area contributed by atoms with E-state index in [0.717, 1.165) is 53.0 Å². The summed E-state index contributed by atoms with van der Waals surface area (Å²) < 4.78 is 0. The van der Waals surface area contributed by atoms with Gasteiger partial charge in [-0.3, -0.25) is 14.7 Å². The summed E-state index contributed by atoms with van der Waals surface area (Å²) in [5.41, 5.74) is 6.07. The van der Waals surface area contributed by atoms with Crippen LogP contribution in [0.5, 0.6) is 0 Å². The zero-order chi connectivity index (χ0) is 23.2. The number of carbonyl (C=O) groups excluding carboxylic acids is 1. The van der Waals surface area contributed by atoms with E-state index < -0.39 is 0 Å². The van der Waals surface area contributed by atoms with Crippen LogP contribution in [0.15, 0.2) is 109 Å². The molecule has 0 radical (unpaired) electrons. The fourth-order valence-corrected chi connectivity index (χ4v) is 4.47. The number of allylic oxidation sites excluding steroid dienone is 1. The zero-order valence-corrected chi connectivity index (χ0v) is 19.4. The van der Waals surface area contributed by atoms with E-state index in [1.54, 1.807) is 6.20 Å². The molecule has 3 aromatic rings. The normalized spacial score (nSPS) is 14.4. The van der Waals surface area contributed by atoms with Crippen molar-refractivity contribution in [3.8, 4) is 0 Å².